The first-order valence-corrected chi connectivity index (χ1v) is 8.13. The molecule has 1 aromatic rings. The Morgan fingerprint density at radius 3 is 2.32 bits per heavy atom. The Labute approximate surface area is 148 Å². The molecular weight excluding hydrogens is 372 g/mol. The molecule has 2 rings (SSSR count). The topological polar surface area (TPSA) is 47.6 Å². The second-order valence-corrected chi connectivity index (χ2v) is 7.64. The first-order valence-electron chi connectivity index (χ1n) is 6.62. The average Bonchev–Trinajstić information content (AvgIpc) is 2.87. The van der Waals surface area contributed by atoms with Crippen molar-refractivity contribution in [2.45, 2.75) is 24.6 Å². The summed E-state index contributed by atoms with van der Waals surface area (Å²) in [6, 6.07) is 3.06. The molecule has 1 aliphatic carbocycles. The van der Waals surface area contributed by atoms with E-state index >= 15 is 0 Å². The highest BCUT2D eigenvalue weighted by Gasteiger charge is 2.63. The van der Waals surface area contributed by atoms with Crippen LogP contribution in [0.15, 0.2) is 12.1 Å². The molecule has 0 aromatic heterocycles. The van der Waals surface area contributed by atoms with Crippen LogP contribution in [-0.2, 0) is 4.74 Å². The molecule has 0 saturated heterocycles. The van der Waals surface area contributed by atoms with Crippen LogP contribution in [-0.4, -0.2) is 23.6 Å². The Kier molecular flexibility index (Phi) is 5.27. The van der Waals surface area contributed by atoms with E-state index in [0.29, 0.717) is 24.5 Å². The van der Waals surface area contributed by atoms with E-state index in [1.54, 1.807) is 6.92 Å². The lowest BCUT2D eigenvalue weighted by Gasteiger charge is -2.16. The molecule has 1 amide bonds. The lowest BCUT2D eigenvalue weighted by atomic mass is 10.2. The van der Waals surface area contributed by atoms with Crippen LogP contribution in [0.2, 0.25) is 10.0 Å². The van der Waals surface area contributed by atoms with Crippen LogP contribution in [0.5, 0.6) is 5.75 Å². The number of halogens is 4. The molecule has 1 saturated carbocycles. The van der Waals surface area contributed by atoms with Crippen molar-refractivity contribution < 1.29 is 14.3 Å². The SMILES string of the molecule is CCOC(=O)Nc1cc(Cl)c(OCC2(C)CC2(Cl)Cl)c(Cl)c1. The Bertz CT molecular complexity index is 570. The van der Waals surface area contributed by atoms with Crippen LogP contribution in [0.25, 0.3) is 0 Å². The summed E-state index contributed by atoms with van der Waals surface area (Å²) in [7, 11) is 0. The van der Waals surface area contributed by atoms with Gasteiger partial charge in [0.1, 0.15) is 4.33 Å². The van der Waals surface area contributed by atoms with Crippen molar-refractivity contribution in [2.24, 2.45) is 5.41 Å². The maximum Gasteiger partial charge on any atom is 0.411 e. The molecule has 1 fully saturated rings. The number of amides is 1. The number of carbonyl (C=O) groups is 1. The molecular formula is C14H15Cl4NO3. The largest absolute Gasteiger partial charge is 0.490 e. The monoisotopic (exact) mass is 385 g/mol. The van der Waals surface area contributed by atoms with E-state index < -0.39 is 10.4 Å². The van der Waals surface area contributed by atoms with E-state index in [1.807, 2.05) is 6.92 Å². The van der Waals surface area contributed by atoms with Gasteiger partial charge in [0.15, 0.2) is 5.75 Å². The summed E-state index contributed by atoms with van der Waals surface area (Å²) < 4.78 is 9.66. The summed E-state index contributed by atoms with van der Waals surface area (Å²) in [6.07, 6.45) is 0.0590. The molecule has 8 heteroatoms. The minimum absolute atomic E-state index is 0.270. The zero-order valence-corrected chi connectivity index (χ0v) is 15.0. The second-order valence-electron chi connectivity index (χ2n) is 5.35. The predicted octanol–water partition coefficient (Wildman–Crippen LogP) is 5.52. The highest BCUT2D eigenvalue weighted by molar-refractivity contribution is 6.51. The van der Waals surface area contributed by atoms with Gasteiger partial charge in [0.2, 0.25) is 0 Å². The molecule has 0 spiro atoms. The van der Waals surface area contributed by atoms with Gasteiger partial charge >= 0.3 is 6.09 Å². The maximum absolute atomic E-state index is 11.4. The zero-order chi connectivity index (χ0) is 16.5. The summed E-state index contributed by atoms with van der Waals surface area (Å²) in [5.41, 5.74) is 0.0902. The van der Waals surface area contributed by atoms with Crippen LogP contribution in [0.4, 0.5) is 10.5 Å². The maximum atomic E-state index is 11.4. The van der Waals surface area contributed by atoms with Crippen molar-refractivity contribution in [1.29, 1.82) is 0 Å². The molecule has 1 unspecified atom stereocenters. The molecule has 0 bridgehead atoms. The van der Waals surface area contributed by atoms with E-state index in [4.69, 9.17) is 55.9 Å². The lowest BCUT2D eigenvalue weighted by Crippen LogP contribution is -2.16. The smallest absolute Gasteiger partial charge is 0.411 e. The number of benzene rings is 1. The van der Waals surface area contributed by atoms with Gasteiger partial charge in [-0.15, -0.1) is 23.2 Å². The van der Waals surface area contributed by atoms with Crippen molar-refractivity contribution in [2.75, 3.05) is 18.5 Å². The molecule has 1 atom stereocenters. The van der Waals surface area contributed by atoms with Gasteiger partial charge < -0.3 is 9.47 Å². The summed E-state index contributed by atoms with van der Waals surface area (Å²) in [6.45, 7) is 4.20. The second kappa shape index (κ2) is 6.52. The van der Waals surface area contributed by atoms with Crippen LogP contribution in [0.3, 0.4) is 0 Å². The molecule has 122 valence electrons. The fraction of sp³-hybridized carbons (Fsp3) is 0.500. The van der Waals surface area contributed by atoms with Gasteiger partial charge in [-0.2, -0.15) is 0 Å². The molecule has 1 N–H and O–H groups in total. The number of hydrogen-bond donors (Lipinski definition) is 1. The Balaban J connectivity index is 2.06. The molecule has 1 aromatic carbocycles. The fourth-order valence-electron chi connectivity index (χ4n) is 1.89. The number of hydrogen-bond acceptors (Lipinski definition) is 3. The predicted molar refractivity (Wildman–Crippen MR) is 89.8 cm³/mol. The number of ether oxygens (including phenoxy) is 2. The van der Waals surface area contributed by atoms with Crippen molar-refractivity contribution in [3.05, 3.63) is 22.2 Å². The molecule has 1 aliphatic rings. The first-order chi connectivity index (χ1) is 10.2. The molecule has 22 heavy (non-hydrogen) atoms. The van der Waals surface area contributed by atoms with Gasteiger partial charge in [0.05, 0.1) is 23.3 Å². The van der Waals surface area contributed by atoms with E-state index in [2.05, 4.69) is 5.32 Å². The quantitative estimate of drug-likeness (QED) is 0.677. The van der Waals surface area contributed by atoms with Gasteiger partial charge in [-0.1, -0.05) is 30.1 Å². The lowest BCUT2D eigenvalue weighted by molar-refractivity contribution is 0.168. The van der Waals surface area contributed by atoms with Gasteiger partial charge in [-0.05, 0) is 25.5 Å². The van der Waals surface area contributed by atoms with E-state index in [1.165, 1.54) is 12.1 Å². The van der Waals surface area contributed by atoms with Crippen molar-refractivity contribution in [1.82, 2.24) is 0 Å². The third kappa shape index (κ3) is 3.85. The summed E-state index contributed by atoms with van der Waals surface area (Å²) in [5.74, 6) is 0.329. The normalized spacial score (nSPS) is 22.1. The van der Waals surface area contributed by atoms with Crippen molar-refractivity contribution in [3.8, 4) is 5.75 Å². The Hall–Kier alpha value is -0.550. The number of rotatable bonds is 5. The van der Waals surface area contributed by atoms with E-state index in [0.717, 1.165) is 0 Å². The minimum atomic E-state index is -0.780. The third-order valence-corrected chi connectivity index (χ3v) is 5.17. The fourth-order valence-corrected chi connectivity index (χ4v) is 3.18. The number of alkyl halides is 2. The van der Waals surface area contributed by atoms with Crippen molar-refractivity contribution >= 4 is 58.2 Å². The molecule has 4 nitrogen and oxygen atoms in total. The van der Waals surface area contributed by atoms with Gasteiger partial charge in [0.25, 0.3) is 0 Å². The van der Waals surface area contributed by atoms with Crippen LogP contribution in [0, 0.1) is 5.41 Å². The zero-order valence-electron chi connectivity index (χ0n) is 12.0. The summed E-state index contributed by atoms with van der Waals surface area (Å²) in [4.78, 5) is 11.4. The highest BCUT2D eigenvalue weighted by atomic mass is 35.5. The van der Waals surface area contributed by atoms with Crippen LogP contribution in [0.1, 0.15) is 20.3 Å². The molecule has 0 radical (unpaired) electrons. The van der Waals surface area contributed by atoms with E-state index in [-0.39, 0.29) is 22.1 Å². The van der Waals surface area contributed by atoms with Gasteiger partial charge in [0, 0.05) is 11.1 Å². The van der Waals surface area contributed by atoms with Crippen LogP contribution < -0.4 is 10.1 Å². The van der Waals surface area contributed by atoms with Gasteiger partial charge in [-0.25, -0.2) is 4.79 Å². The molecule has 0 heterocycles. The van der Waals surface area contributed by atoms with Crippen molar-refractivity contribution in [3.63, 3.8) is 0 Å². The number of nitrogens with one attached hydrogen (secondary N) is 1. The highest BCUT2D eigenvalue weighted by Crippen LogP contribution is 2.63. The number of carbonyl (C=O) groups excluding carboxylic acids is 1. The minimum Gasteiger partial charge on any atom is -0.490 e. The first kappa shape index (κ1) is 17.8. The average molecular weight is 387 g/mol. The summed E-state index contributed by atoms with van der Waals surface area (Å²) >= 11 is 24.4. The van der Waals surface area contributed by atoms with Gasteiger partial charge in [-0.3, -0.25) is 5.32 Å². The Morgan fingerprint density at radius 2 is 1.86 bits per heavy atom. The number of anilines is 1. The standard InChI is InChI=1S/C14H15Cl4NO3/c1-3-21-12(20)19-8-4-9(15)11(10(16)5-8)22-7-13(2)6-14(13,17)18/h4-5H,3,6-7H2,1-2H3,(H,19,20). The summed E-state index contributed by atoms with van der Waals surface area (Å²) in [5, 5.41) is 3.07. The Morgan fingerprint density at radius 1 is 1.32 bits per heavy atom. The molecule has 0 aliphatic heterocycles. The van der Waals surface area contributed by atoms with E-state index in [9.17, 15) is 4.79 Å². The van der Waals surface area contributed by atoms with Crippen LogP contribution >= 0.6 is 46.4 Å². The third-order valence-electron chi connectivity index (χ3n) is 3.43.